The molecule has 116 valence electrons. The number of phenolic OH excluding ortho intramolecular Hbond substituents is 1. The first kappa shape index (κ1) is 16.8. The van der Waals surface area contributed by atoms with Crippen LogP contribution in [0.2, 0.25) is 0 Å². The molecule has 0 aliphatic carbocycles. The predicted molar refractivity (Wildman–Crippen MR) is 77.1 cm³/mol. The van der Waals surface area contributed by atoms with Gasteiger partial charge in [0.1, 0.15) is 11.5 Å². The van der Waals surface area contributed by atoms with Crippen molar-refractivity contribution in [3.8, 4) is 11.5 Å². The summed E-state index contributed by atoms with van der Waals surface area (Å²) >= 11 is 0. The average molecular weight is 295 g/mol. The molecule has 0 spiro atoms. The maximum atomic E-state index is 12.0. The molecule has 0 saturated heterocycles. The van der Waals surface area contributed by atoms with E-state index in [2.05, 4.69) is 10.1 Å². The number of ether oxygens (including phenoxy) is 2. The van der Waals surface area contributed by atoms with Gasteiger partial charge < -0.3 is 19.9 Å². The van der Waals surface area contributed by atoms with Gasteiger partial charge in [-0.3, -0.25) is 9.59 Å². The highest BCUT2D eigenvalue weighted by Gasteiger charge is 2.20. The molecule has 0 aromatic heterocycles. The summed E-state index contributed by atoms with van der Waals surface area (Å²) in [7, 11) is 1.31. The molecule has 0 aliphatic heterocycles. The first-order chi connectivity index (χ1) is 9.96. The van der Waals surface area contributed by atoms with Gasteiger partial charge in [0.2, 0.25) is 0 Å². The van der Waals surface area contributed by atoms with Crippen LogP contribution in [0.4, 0.5) is 0 Å². The van der Waals surface area contributed by atoms with Crippen molar-refractivity contribution < 1.29 is 24.2 Å². The zero-order valence-electron chi connectivity index (χ0n) is 12.5. The monoisotopic (exact) mass is 295 g/mol. The standard InChI is InChI=1S/C15H21NO5/c1-4-11(9-14(18)20-3)16-15(19)10(2)21-13-7-5-12(17)6-8-13/h5-8,10-11,17H,4,9H2,1-3H3,(H,16,19). The summed E-state index contributed by atoms with van der Waals surface area (Å²) in [6.07, 6.45) is 0.0403. The topological polar surface area (TPSA) is 84.9 Å². The van der Waals surface area contributed by atoms with E-state index < -0.39 is 6.10 Å². The normalized spacial score (nSPS) is 13.1. The number of hydrogen-bond acceptors (Lipinski definition) is 5. The maximum Gasteiger partial charge on any atom is 0.307 e. The highest BCUT2D eigenvalue weighted by atomic mass is 16.5. The average Bonchev–Trinajstić information content (AvgIpc) is 2.48. The van der Waals surface area contributed by atoms with E-state index in [-0.39, 0.29) is 30.1 Å². The molecule has 0 bridgehead atoms. The van der Waals surface area contributed by atoms with Gasteiger partial charge in [-0.1, -0.05) is 6.92 Å². The van der Waals surface area contributed by atoms with Crippen LogP contribution in [0.15, 0.2) is 24.3 Å². The third-order valence-corrected chi connectivity index (χ3v) is 3.00. The van der Waals surface area contributed by atoms with Crippen LogP contribution in [0, 0.1) is 0 Å². The Balaban J connectivity index is 2.52. The summed E-state index contributed by atoms with van der Waals surface area (Å²) in [6.45, 7) is 3.49. The van der Waals surface area contributed by atoms with Crippen LogP contribution in [0.5, 0.6) is 11.5 Å². The summed E-state index contributed by atoms with van der Waals surface area (Å²) < 4.78 is 10.1. The molecule has 0 fully saturated rings. The lowest BCUT2D eigenvalue weighted by Crippen LogP contribution is -2.43. The van der Waals surface area contributed by atoms with E-state index in [1.165, 1.54) is 19.2 Å². The highest BCUT2D eigenvalue weighted by molar-refractivity contribution is 5.81. The first-order valence-corrected chi connectivity index (χ1v) is 6.79. The van der Waals surface area contributed by atoms with Crippen LogP contribution in [-0.2, 0) is 14.3 Å². The van der Waals surface area contributed by atoms with Crippen LogP contribution in [0.1, 0.15) is 26.7 Å². The molecule has 2 unspecified atom stereocenters. The predicted octanol–water partition coefficient (Wildman–Crippen LogP) is 1.62. The summed E-state index contributed by atoms with van der Waals surface area (Å²) in [6, 6.07) is 5.82. The molecule has 0 radical (unpaired) electrons. The van der Waals surface area contributed by atoms with Crippen molar-refractivity contribution in [2.24, 2.45) is 0 Å². The smallest absolute Gasteiger partial charge is 0.307 e. The minimum absolute atomic E-state index is 0.128. The molecule has 0 saturated carbocycles. The van der Waals surface area contributed by atoms with Crippen molar-refractivity contribution in [2.45, 2.75) is 38.8 Å². The van der Waals surface area contributed by atoms with Gasteiger partial charge in [-0.15, -0.1) is 0 Å². The number of carbonyl (C=O) groups excluding carboxylic acids is 2. The second-order valence-corrected chi connectivity index (χ2v) is 4.65. The van der Waals surface area contributed by atoms with Crippen molar-refractivity contribution in [2.75, 3.05) is 7.11 Å². The fourth-order valence-electron chi connectivity index (χ4n) is 1.68. The van der Waals surface area contributed by atoms with E-state index in [4.69, 9.17) is 4.74 Å². The number of benzene rings is 1. The maximum absolute atomic E-state index is 12.0. The Morgan fingerprint density at radius 3 is 2.43 bits per heavy atom. The Kier molecular flexibility index (Phi) is 6.52. The van der Waals surface area contributed by atoms with E-state index >= 15 is 0 Å². The molecule has 1 aromatic carbocycles. The van der Waals surface area contributed by atoms with E-state index in [9.17, 15) is 14.7 Å². The molecule has 1 aromatic rings. The number of esters is 1. The van der Waals surface area contributed by atoms with Gasteiger partial charge >= 0.3 is 5.97 Å². The van der Waals surface area contributed by atoms with E-state index in [0.29, 0.717) is 12.2 Å². The molecular weight excluding hydrogens is 274 g/mol. The van der Waals surface area contributed by atoms with Gasteiger partial charge in [0.05, 0.1) is 13.5 Å². The molecule has 0 aliphatic rings. The van der Waals surface area contributed by atoms with E-state index in [0.717, 1.165) is 0 Å². The number of amides is 1. The van der Waals surface area contributed by atoms with Crippen LogP contribution in [0.25, 0.3) is 0 Å². The minimum atomic E-state index is -0.707. The zero-order chi connectivity index (χ0) is 15.8. The highest BCUT2D eigenvalue weighted by Crippen LogP contribution is 2.17. The van der Waals surface area contributed by atoms with Crippen molar-refractivity contribution in [1.82, 2.24) is 5.32 Å². The molecular formula is C15H21NO5. The number of rotatable bonds is 7. The zero-order valence-corrected chi connectivity index (χ0v) is 12.5. The fraction of sp³-hybridized carbons (Fsp3) is 0.467. The molecule has 6 nitrogen and oxygen atoms in total. The molecule has 0 heterocycles. The quantitative estimate of drug-likeness (QED) is 0.747. The summed E-state index contributed by atoms with van der Waals surface area (Å²) in [5, 5.41) is 11.9. The molecule has 6 heteroatoms. The van der Waals surface area contributed by atoms with E-state index in [1.54, 1.807) is 19.1 Å². The third kappa shape index (κ3) is 5.72. The van der Waals surface area contributed by atoms with Crippen molar-refractivity contribution >= 4 is 11.9 Å². The van der Waals surface area contributed by atoms with Crippen molar-refractivity contribution in [3.63, 3.8) is 0 Å². The largest absolute Gasteiger partial charge is 0.508 e. The molecule has 2 N–H and O–H groups in total. The molecule has 2 atom stereocenters. The Labute approximate surface area is 124 Å². The molecule has 21 heavy (non-hydrogen) atoms. The van der Waals surface area contributed by atoms with E-state index in [1.807, 2.05) is 6.92 Å². The van der Waals surface area contributed by atoms with Gasteiger partial charge in [0.15, 0.2) is 6.10 Å². The molecule has 1 rings (SSSR count). The Hall–Kier alpha value is -2.24. The first-order valence-electron chi connectivity index (χ1n) is 6.79. The lowest BCUT2D eigenvalue weighted by molar-refractivity contribution is -0.141. The van der Waals surface area contributed by atoms with Crippen molar-refractivity contribution in [3.05, 3.63) is 24.3 Å². The summed E-state index contributed by atoms with van der Waals surface area (Å²) in [5.41, 5.74) is 0. The number of hydrogen-bond donors (Lipinski definition) is 2. The van der Waals surface area contributed by atoms with Crippen LogP contribution < -0.4 is 10.1 Å². The van der Waals surface area contributed by atoms with Gasteiger partial charge in [0, 0.05) is 6.04 Å². The lowest BCUT2D eigenvalue weighted by Gasteiger charge is -2.19. The number of methoxy groups -OCH3 is 1. The Bertz CT molecular complexity index is 471. The van der Waals surface area contributed by atoms with Crippen LogP contribution in [0.3, 0.4) is 0 Å². The molecule has 1 amide bonds. The number of nitrogens with one attached hydrogen (secondary N) is 1. The van der Waals surface area contributed by atoms with Crippen molar-refractivity contribution in [1.29, 1.82) is 0 Å². The minimum Gasteiger partial charge on any atom is -0.508 e. The van der Waals surface area contributed by atoms with Gasteiger partial charge in [-0.2, -0.15) is 0 Å². The van der Waals surface area contributed by atoms with Gasteiger partial charge in [-0.25, -0.2) is 0 Å². The number of carbonyl (C=O) groups is 2. The summed E-state index contributed by atoms with van der Waals surface area (Å²) in [4.78, 5) is 23.2. The van der Waals surface area contributed by atoms with Gasteiger partial charge in [0.25, 0.3) is 5.91 Å². The fourth-order valence-corrected chi connectivity index (χ4v) is 1.68. The number of phenols is 1. The number of aromatic hydroxyl groups is 1. The Morgan fingerprint density at radius 1 is 1.29 bits per heavy atom. The third-order valence-electron chi connectivity index (χ3n) is 3.00. The SMILES string of the molecule is CCC(CC(=O)OC)NC(=O)C(C)Oc1ccc(O)cc1. The second-order valence-electron chi connectivity index (χ2n) is 4.65. The van der Waals surface area contributed by atoms with Gasteiger partial charge in [-0.05, 0) is 37.6 Å². The van der Waals surface area contributed by atoms with Crippen LogP contribution >= 0.6 is 0 Å². The van der Waals surface area contributed by atoms with Crippen LogP contribution in [-0.4, -0.2) is 36.2 Å². The lowest BCUT2D eigenvalue weighted by atomic mass is 10.1. The second kappa shape index (κ2) is 8.14. The Morgan fingerprint density at radius 2 is 1.90 bits per heavy atom. The summed E-state index contributed by atoms with van der Waals surface area (Å²) in [5.74, 6) is -0.0619.